The third kappa shape index (κ3) is 5.88. The molecule has 0 aliphatic heterocycles. The van der Waals surface area contributed by atoms with Crippen LogP contribution in [0.25, 0.3) is 0 Å². The second kappa shape index (κ2) is 9.56. The van der Waals surface area contributed by atoms with Gasteiger partial charge in [-0.3, -0.25) is 9.59 Å². The summed E-state index contributed by atoms with van der Waals surface area (Å²) in [5.41, 5.74) is 1.32. The Bertz CT molecular complexity index is 747. The van der Waals surface area contributed by atoms with Gasteiger partial charge in [0.1, 0.15) is 11.6 Å². The predicted molar refractivity (Wildman–Crippen MR) is 97.2 cm³/mol. The molecule has 0 fully saturated rings. The van der Waals surface area contributed by atoms with E-state index < -0.39 is 0 Å². The van der Waals surface area contributed by atoms with Crippen LogP contribution in [0, 0.1) is 5.82 Å². The van der Waals surface area contributed by atoms with Crippen molar-refractivity contribution in [3.63, 3.8) is 0 Å². The van der Waals surface area contributed by atoms with Gasteiger partial charge in [-0.05, 0) is 23.8 Å². The number of methoxy groups -OCH3 is 1. The van der Waals surface area contributed by atoms with E-state index in [0.29, 0.717) is 18.7 Å². The summed E-state index contributed by atoms with van der Waals surface area (Å²) in [6.45, 7) is 2.23. The zero-order chi connectivity index (χ0) is 18.9. The Kier molecular flexibility index (Phi) is 7.14. The van der Waals surface area contributed by atoms with Crippen molar-refractivity contribution < 1.29 is 18.7 Å². The molecule has 2 aromatic rings. The summed E-state index contributed by atoms with van der Waals surface area (Å²) >= 11 is 0. The zero-order valence-electron chi connectivity index (χ0n) is 15.0. The van der Waals surface area contributed by atoms with Crippen molar-refractivity contribution in [3.05, 3.63) is 65.5 Å². The Morgan fingerprint density at radius 1 is 1.12 bits per heavy atom. The van der Waals surface area contributed by atoms with Gasteiger partial charge in [0.2, 0.25) is 11.8 Å². The molecule has 0 atom stereocenters. The molecule has 0 heterocycles. The van der Waals surface area contributed by atoms with Gasteiger partial charge in [0.25, 0.3) is 0 Å². The number of halogens is 1. The number of nitrogens with zero attached hydrogens (tertiary/aromatic N) is 1. The maximum absolute atomic E-state index is 13.7. The number of hydrogen-bond donors (Lipinski definition) is 1. The number of ether oxygens (including phenoxy) is 1. The van der Waals surface area contributed by atoms with E-state index in [1.165, 1.54) is 17.9 Å². The summed E-state index contributed by atoms with van der Waals surface area (Å²) in [6, 6.07) is 13.6. The molecule has 2 amide bonds. The van der Waals surface area contributed by atoms with Crippen LogP contribution in [0.2, 0.25) is 0 Å². The normalized spacial score (nSPS) is 10.3. The fourth-order valence-electron chi connectivity index (χ4n) is 2.50. The van der Waals surface area contributed by atoms with Crippen molar-refractivity contribution in [2.24, 2.45) is 0 Å². The molecular weight excluding hydrogens is 335 g/mol. The summed E-state index contributed by atoms with van der Waals surface area (Å²) in [7, 11) is 1.59. The SMILES string of the molecule is COc1ccc(CC(=O)NCCN(Cc2ccccc2F)C(C)=O)cc1. The van der Waals surface area contributed by atoms with E-state index in [0.717, 1.165) is 11.3 Å². The second-order valence-corrected chi connectivity index (χ2v) is 5.91. The maximum atomic E-state index is 13.7. The molecule has 0 unspecified atom stereocenters. The van der Waals surface area contributed by atoms with Gasteiger partial charge < -0.3 is 15.0 Å². The molecule has 138 valence electrons. The fourth-order valence-corrected chi connectivity index (χ4v) is 2.50. The van der Waals surface area contributed by atoms with Crippen molar-refractivity contribution in [1.29, 1.82) is 0 Å². The lowest BCUT2D eigenvalue weighted by atomic mass is 10.1. The van der Waals surface area contributed by atoms with Crippen molar-refractivity contribution in [2.45, 2.75) is 19.9 Å². The average Bonchev–Trinajstić information content (AvgIpc) is 2.63. The molecule has 1 N–H and O–H groups in total. The number of nitrogens with one attached hydrogen (secondary N) is 1. The lowest BCUT2D eigenvalue weighted by Crippen LogP contribution is -2.37. The number of benzene rings is 2. The predicted octanol–water partition coefficient (Wildman–Crippen LogP) is 2.54. The van der Waals surface area contributed by atoms with E-state index in [9.17, 15) is 14.0 Å². The van der Waals surface area contributed by atoms with Crippen LogP contribution < -0.4 is 10.1 Å². The second-order valence-electron chi connectivity index (χ2n) is 5.91. The van der Waals surface area contributed by atoms with E-state index >= 15 is 0 Å². The Morgan fingerprint density at radius 2 is 1.81 bits per heavy atom. The van der Waals surface area contributed by atoms with E-state index in [-0.39, 0.29) is 30.6 Å². The van der Waals surface area contributed by atoms with Crippen LogP contribution in [-0.4, -0.2) is 36.9 Å². The van der Waals surface area contributed by atoms with Gasteiger partial charge >= 0.3 is 0 Å². The van der Waals surface area contributed by atoms with Gasteiger partial charge in [-0.1, -0.05) is 30.3 Å². The number of carbonyl (C=O) groups excluding carboxylic acids is 2. The van der Waals surface area contributed by atoms with Gasteiger partial charge in [0.05, 0.1) is 13.5 Å². The Labute approximate surface area is 152 Å². The smallest absolute Gasteiger partial charge is 0.224 e. The quantitative estimate of drug-likeness (QED) is 0.789. The standard InChI is InChI=1S/C20H23FN2O3/c1-15(24)23(14-17-5-3-4-6-19(17)21)12-11-22-20(25)13-16-7-9-18(26-2)10-8-16/h3-10H,11-14H2,1-2H3,(H,22,25). The van der Waals surface area contributed by atoms with Gasteiger partial charge in [-0.25, -0.2) is 4.39 Å². The Hall–Kier alpha value is -2.89. The van der Waals surface area contributed by atoms with E-state index in [1.54, 1.807) is 37.4 Å². The van der Waals surface area contributed by atoms with Crippen LogP contribution in [0.4, 0.5) is 4.39 Å². The summed E-state index contributed by atoms with van der Waals surface area (Å²) < 4.78 is 18.8. The molecule has 5 nitrogen and oxygen atoms in total. The van der Waals surface area contributed by atoms with Crippen molar-refractivity contribution >= 4 is 11.8 Å². The molecule has 0 radical (unpaired) electrons. The molecule has 0 aliphatic carbocycles. The number of amides is 2. The van der Waals surface area contributed by atoms with E-state index in [1.807, 2.05) is 12.1 Å². The largest absolute Gasteiger partial charge is 0.497 e. The lowest BCUT2D eigenvalue weighted by molar-refractivity contribution is -0.130. The highest BCUT2D eigenvalue weighted by Gasteiger charge is 2.12. The van der Waals surface area contributed by atoms with Gasteiger partial charge in [0.15, 0.2) is 0 Å². The summed E-state index contributed by atoms with van der Waals surface area (Å²) in [6.07, 6.45) is 0.247. The molecule has 0 saturated carbocycles. The molecular formula is C20H23FN2O3. The number of rotatable bonds is 8. The van der Waals surface area contributed by atoms with Crippen LogP contribution in [-0.2, 0) is 22.6 Å². The Balaban J connectivity index is 1.82. The summed E-state index contributed by atoms with van der Waals surface area (Å²) in [5, 5.41) is 2.79. The van der Waals surface area contributed by atoms with Crippen LogP contribution in [0.15, 0.2) is 48.5 Å². The minimum absolute atomic E-state index is 0.135. The van der Waals surface area contributed by atoms with Crippen LogP contribution in [0.3, 0.4) is 0 Å². The Morgan fingerprint density at radius 3 is 2.42 bits per heavy atom. The topological polar surface area (TPSA) is 58.6 Å². The monoisotopic (exact) mass is 358 g/mol. The van der Waals surface area contributed by atoms with Gasteiger partial charge in [-0.15, -0.1) is 0 Å². The first kappa shape index (κ1) is 19.4. The van der Waals surface area contributed by atoms with Crippen LogP contribution in [0.5, 0.6) is 5.75 Å². The highest BCUT2D eigenvalue weighted by Crippen LogP contribution is 2.12. The molecule has 6 heteroatoms. The molecule has 0 aromatic heterocycles. The molecule has 0 spiro atoms. The van der Waals surface area contributed by atoms with Crippen molar-refractivity contribution in [1.82, 2.24) is 10.2 Å². The molecule has 0 aliphatic rings. The van der Waals surface area contributed by atoms with Gasteiger partial charge in [0, 0.05) is 32.1 Å². The third-order valence-electron chi connectivity index (χ3n) is 3.99. The highest BCUT2D eigenvalue weighted by atomic mass is 19.1. The molecule has 2 aromatic carbocycles. The molecule has 0 saturated heterocycles. The lowest BCUT2D eigenvalue weighted by Gasteiger charge is -2.21. The van der Waals surface area contributed by atoms with Crippen molar-refractivity contribution in [3.8, 4) is 5.75 Å². The first-order valence-electron chi connectivity index (χ1n) is 8.38. The van der Waals surface area contributed by atoms with Crippen LogP contribution in [0.1, 0.15) is 18.1 Å². The zero-order valence-corrected chi connectivity index (χ0v) is 15.0. The number of carbonyl (C=O) groups is 2. The molecule has 26 heavy (non-hydrogen) atoms. The van der Waals surface area contributed by atoms with E-state index in [4.69, 9.17) is 4.74 Å². The minimum Gasteiger partial charge on any atom is -0.497 e. The first-order chi connectivity index (χ1) is 12.5. The maximum Gasteiger partial charge on any atom is 0.224 e. The molecule has 2 rings (SSSR count). The van der Waals surface area contributed by atoms with Gasteiger partial charge in [-0.2, -0.15) is 0 Å². The van der Waals surface area contributed by atoms with E-state index in [2.05, 4.69) is 5.32 Å². The minimum atomic E-state index is -0.345. The van der Waals surface area contributed by atoms with Crippen molar-refractivity contribution in [2.75, 3.05) is 20.2 Å². The highest BCUT2D eigenvalue weighted by molar-refractivity contribution is 5.78. The van der Waals surface area contributed by atoms with Crippen LogP contribution >= 0.6 is 0 Å². The average molecular weight is 358 g/mol. The summed E-state index contributed by atoms with van der Waals surface area (Å²) in [5.74, 6) is 0.0870. The third-order valence-corrected chi connectivity index (χ3v) is 3.99. The summed E-state index contributed by atoms with van der Waals surface area (Å²) in [4.78, 5) is 25.3. The fraction of sp³-hybridized carbons (Fsp3) is 0.300. The molecule has 0 bridgehead atoms. The number of hydrogen-bond acceptors (Lipinski definition) is 3. The first-order valence-corrected chi connectivity index (χ1v) is 8.38.